The zero-order valence-corrected chi connectivity index (χ0v) is 12.5. The van der Waals surface area contributed by atoms with E-state index < -0.39 is 5.91 Å². The number of aromatic nitrogens is 5. The van der Waals surface area contributed by atoms with Crippen LogP contribution in [-0.4, -0.2) is 30.5 Å². The maximum Gasteiger partial charge on any atom is 0.277 e. The summed E-state index contributed by atoms with van der Waals surface area (Å²) in [6, 6.07) is 9.86. The van der Waals surface area contributed by atoms with E-state index in [0.717, 1.165) is 5.56 Å². The molecule has 22 heavy (non-hydrogen) atoms. The Kier molecular flexibility index (Phi) is 3.88. The average molecular weight is 317 g/mol. The molecule has 0 radical (unpaired) electrons. The molecular weight excluding hydrogens is 304 g/mol. The van der Waals surface area contributed by atoms with Gasteiger partial charge in [-0.2, -0.15) is 5.10 Å². The van der Waals surface area contributed by atoms with E-state index in [9.17, 15) is 4.79 Å². The molecule has 0 saturated heterocycles. The van der Waals surface area contributed by atoms with E-state index in [1.54, 1.807) is 18.1 Å². The van der Waals surface area contributed by atoms with Gasteiger partial charge in [-0.05, 0) is 5.56 Å². The molecule has 0 spiro atoms. The number of anilines is 1. The van der Waals surface area contributed by atoms with Crippen LogP contribution in [0.3, 0.4) is 0 Å². The Morgan fingerprint density at radius 2 is 2.09 bits per heavy atom. The van der Waals surface area contributed by atoms with Crippen LogP contribution in [0.1, 0.15) is 16.1 Å². The molecule has 0 saturated carbocycles. The third-order valence-electron chi connectivity index (χ3n) is 3.06. The number of hydrogen-bond acceptors (Lipinski definition) is 4. The number of nitrogens with one attached hydrogen (secondary N) is 1. The van der Waals surface area contributed by atoms with Crippen molar-refractivity contribution in [2.45, 2.75) is 6.54 Å². The van der Waals surface area contributed by atoms with Crippen LogP contribution in [0.4, 0.5) is 5.95 Å². The van der Waals surface area contributed by atoms with Gasteiger partial charge in [0.15, 0.2) is 0 Å². The molecule has 0 atom stereocenters. The van der Waals surface area contributed by atoms with Crippen LogP contribution in [-0.2, 0) is 13.6 Å². The zero-order valence-electron chi connectivity index (χ0n) is 11.8. The van der Waals surface area contributed by atoms with Crippen molar-refractivity contribution in [1.82, 2.24) is 24.5 Å². The van der Waals surface area contributed by atoms with Gasteiger partial charge in [0.25, 0.3) is 5.91 Å². The Balaban J connectivity index is 1.71. The lowest BCUT2D eigenvalue weighted by Crippen LogP contribution is -2.17. The van der Waals surface area contributed by atoms with Gasteiger partial charge in [0.1, 0.15) is 12.0 Å². The summed E-state index contributed by atoms with van der Waals surface area (Å²) < 4.78 is 3.05. The van der Waals surface area contributed by atoms with Crippen LogP contribution < -0.4 is 5.32 Å². The second kappa shape index (κ2) is 5.98. The van der Waals surface area contributed by atoms with Crippen LogP contribution in [0, 0.1) is 0 Å². The number of carbonyl (C=O) groups is 1. The molecule has 8 heteroatoms. The quantitative estimate of drug-likeness (QED) is 0.798. The maximum atomic E-state index is 12.1. The summed E-state index contributed by atoms with van der Waals surface area (Å²) in [6.07, 6.45) is 2.98. The minimum atomic E-state index is -0.400. The monoisotopic (exact) mass is 316 g/mol. The van der Waals surface area contributed by atoms with Crippen molar-refractivity contribution < 1.29 is 4.79 Å². The van der Waals surface area contributed by atoms with E-state index in [1.807, 2.05) is 30.3 Å². The Bertz CT molecular complexity index is 775. The molecule has 2 heterocycles. The summed E-state index contributed by atoms with van der Waals surface area (Å²) in [5, 5.41) is 11.0. The summed E-state index contributed by atoms with van der Waals surface area (Å²) in [5.41, 5.74) is 1.36. The Labute approximate surface area is 131 Å². The standard InChI is InChI=1S/C14H13ClN6O/c1-20-12(11(15)7-17-20)13(22)18-14-16-9-21(19-14)8-10-5-3-2-4-6-10/h2-7,9H,8H2,1H3,(H,18,19,22). The fraction of sp³-hybridized carbons (Fsp3) is 0.143. The Hall–Kier alpha value is -2.67. The van der Waals surface area contributed by atoms with E-state index >= 15 is 0 Å². The molecule has 1 N–H and O–H groups in total. The highest BCUT2D eigenvalue weighted by molar-refractivity contribution is 6.34. The molecule has 1 aromatic carbocycles. The highest BCUT2D eigenvalue weighted by Gasteiger charge is 2.17. The molecule has 112 valence electrons. The van der Waals surface area contributed by atoms with E-state index in [0.29, 0.717) is 6.54 Å². The first kappa shape index (κ1) is 14.3. The lowest BCUT2D eigenvalue weighted by atomic mass is 10.2. The van der Waals surface area contributed by atoms with Crippen LogP contribution in [0.15, 0.2) is 42.9 Å². The predicted octanol–water partition coefficient (Wildman–Crippen LogP) is 1.97. The first-order valence-corrected chi connectivity index (χ1v) is 6.93. The van der Waals surface area contributed by atoms with Crippen molar-refractivity contribution in [3.63, 3.8) is 0 Å². The highest BCUT2D eigenvalue weighted by Crippen LogP contribution is 2.15. The SMILES string of the molecule is Cn1ncc(Cl)c1C(=O)Nc1ncn(Cc2ccccc2)n1. The summed E-state index contributed by atoms with van der Waals surface area (Å²) in [7, 11) is 1.64. The largest absolute Gasteiger partial charge is 0.288 e. The molecule has 2 aromatic heterocycles. The van der Waals surface area contributed by atoms with Crippen LogP contribution in [0.25, 0.3) is 0 Å². The number of aryl methyl sites for hydroxylation is 1. The van der Waals surface area contributed by atoms with Gasteiger partial charge in [0, 0.05) is 7.05 Å². The molecule has 0 aliphatic carbocycles. The summed E-state index contributed by atoms with van der Waals surface area (Å²) in [4.78, 5) is 16.2. The lowest BCUT2D eigenvalue weighted by molar-refractivity contribution is 0.101. The number of benzene rings is 1. The molecule has 3 aromatic rings. The van der Waals surface area contributed by atoms with Crippen molar-refractivity contribution in [2.24, 2.45) is 7.05 Å². The molecular formula is C14H13ClN6O. The van der Waals surface area contributed by atoms with Crippen LogP contribution in [0.5, 0.6) is 0 Å². The van der Waals surface area contributed by atoms with Crippen LogP contribution in [0.2, 0.25) is 5.02 Å². The second-order valence-corrected chi connectivity index (χ2v) is 5.08. The maximum absolute atomic E-state index is 12.1. The molecule has 0 unspecified atom stereocenters. The molecule has 0 fully saturated rings. The molecule has 7 nitrogen and oxygen atoms in total. The van der Waals surface area contributed by atoms with Gasteiger partial charge in [0.2, 0.25) is 5.95 Å². The van der Waals surface area contributed by atoms with E-state index in [-0.39, 0.29) is 16.7 Å². The minimum Gasteiger partial charge on any atom is -0.288 e. The third kappa shape index (κ3) is 2.99. The van der Waals surface area contributed by atoms with Gasteiger partial charge in [-0.25, -0.2) is 9.67 Å². The molecule has 0 aliphatic heterocycles. The summed E-state index contributed by atoms with van der Waals surface area (Å²) >= 11 is 5.93. The Morgan fingerprint density at radius 3 is 2.77 bits per heavy atom. The smallest absolute Gasteiger partial charge is 0.277 e. The normalized spacial score (nSPS) is 10.6. The molecule has 3 rings (SSSR count). The number of carbonyl (C=O) groups excluding carboxylic acids is 1. The fourth-order valence-corrected chi connectivity index (χ4v) is 2.28. The average Bonchev–Trinajstić information content (AvgIpc) is 3.07. The number of rotatable bonds is 4. The van der Waals surface area contributed by atoms with Gasteiger partial charge in [0.05, 0.1) is 17.8 Å². The van der Waals surface area contributed by atoms with E-state index in [4.69, 9.17) is 11.6 Å². The first-order chi connectivity index (χ1) is 10.6. The van der Waals surface area contributed by atoms with Gasteiger partial charge in [-0.1, -0.05) is 41.9 Å². The third-order valence-corrected chi connectivity index (χ3v) is 3.33. The van der Waals surface area contributed by atoms with E-state index in [1.165, 1.54) is 10.9 Å². The zero-order chi connectivity index (χ0) is 15.5. The van der Waals surface area contributed by atoms with Gasteiger partial charge in [-0.3, -0.25) is 14.8 Å². The lowest BCUT2D eigenvalue weighted by Gasteiger charge is -2.02. The van der Waals surface area contributed by atoms with Gasteiger partial charge < -0.3 is 0 Å². The number of nitrogens with zero attached hydrogens (tertiary/aromatic N) is 5. The van der Waals surface area contributed by atoms with Crippen molar-refractivity contribution in [1.29, 1.82) is 0 Å². The van der Waals surface area contributed by atoms with E-state index in [2.05, 4.69) is 20.5 Å². The highest BCUT2D eigenvalue weighted by atomic mass is 35.5. The fourth-order valence-electron chi connectivity index (χ4n) is 2.03. The Morgan fingerprint density at radius 1 is 1.32 bits per heavy atom. The summed E-state index contributed by atoms with van der Waals surface area (Å²) in [6.45, 7) is 0.580. The number of amides is 1. The van der Waals surface area contributed by atoms with Gasteiger partial charge >= 0.3 is 0 Å². The van der Waals surface area contributed by atoms with Crippen molar-refractivity contribution in [3.8, 4) is 0 Å². The van der Waals surface area contributed by atoms with Gasteiger partial charge in [-0.15, -0.1) is 5.10 Å². The molecule has 0 aliphatic rings. The topological polar surface area (TPSA) is 77.6 Å². The predicted molar refractivity (Wildman–Crippen MR) is 81.7 cm³/mol. The number of halogens is 1. The molecule has 1 amide bonds. The first-order valence-electron chi connectivity index (χ1n) is 6.55. The summed E-state index contributed by atoms with van der Waals surface area (Å²) in [5.74, 6) is -0.180. The van der Waals surface area contributed by atoms with Crippen LogP contribution >= 0.6 is 11.6 Å². The number of hydrogen-bond donors (Lipinski definition) is 1. The molecule has 0 bridgehead atoms. The van der Waals surface area contributed by atoms with Crippen molar-refractivity contribution in [3.05, 3.63) is 59.1 Å². The minimum absolute atomic E-state index is 0.221. The van der Waals surface area contributed by atoms with Crippen molar-refractivity contribution >= 4 is 23.5 Å². The van der Waals surface area contributed by atoms with Crippen molar-refractivity contribution in [2.75, 3.05) is 5.32 Å². The second-order valence-electron chi connectivity index (χ2n) is 4.67.